The highest BCUT2D eigenvalue weighted by molar-refractivity contribution is 6.32. The van der Waals surface area contributed by atoms with Gasteiger partial charge < -0.3 is 10.5 Å². The summed E-state index contributed by atoms with van der Waals surface area (Å²) in [5.74, 6) is 0.817. The molecule has 0 amide bonds. The molecule has 0 spiro atoms. The molecule has 2 rings (SSSR count). The summed E-state index contributed by atoms with van der Waals surface area (Å²) in [4.78, 5) is 0. The van der Waals surface area contributed by atoms with Crippen LogP contribution in [0.25, 0.3) is 0 Å². The molecule has 18 heavy (non-hydrogen) atoms. The van der Waals surface area contributed by atoms with E-state index in [0.29, 0.717) is 11.1 Å². The molecule has 0 saturated heterocycles. The molecule has 3 heteroatoms. The summed E-state index contributed by atoms with van der Waals surface area (Å²) in [6.07, 6.45) is 7.05. The minimum atomic E-state index is 0.211. The highest BCUT2D eigenvalue weighted by Crippen LogP contribution is 2.30. The van der Waals surface area contributed by atoms with Crippen molar-refractivity contribution in [1.82, 2.24) is 0 Å². The van der Waals surface area contributed by atoms with Crippen molar-refractivity contribution in [3.63, 3.8) is 0 Å². The van der Waals surface area contributed by atoms with Crippen molar-refractivity contribution in [3.05, 3.63) is 28.8 Å². The lowest BCUT2D eigenvalue weighted by atomic mass is 10.0. The highest BCUT2D eigenvalue weighted by atomic mass is 35.5. The van der Waals surface area contributed by atoms with Crippen molar-refractivity contribution in [2.75, 3.05) is 0 Å². The Balaban J connectivity index is 2.00. The van der Waals surface area contributed by atoms with Gasteiger partial charge in [0.2, 0.25) is 0 Å². The quantitative estimate of drug-likeness (QED) is 0.877. The van der Waals surface area contributed by atoms with Crippen LogP contribution in [-0.2, 0) is 6.42 Å². The average Bonchev–Trinajstić information content (AvgIpc) is 2.85. The van der Waals surface area contributed by atoms with Crippen molar-refractivity contribution in [2.24, 2.45) is 5.73 Å². The monoisotopic (exact) mass is 267 g/mol. The predicted octanol–water partition coefficient (Wildman–Crippen LogP) is 3.94. The van der Waals surface area contributed by atoms with E-state index in [1.807, 2.05) is 12.1 Å². The lowest BCUT2D eigenvalue weighted by Crippen LogP contribution is -2.21. The summed E-state index contributed by atoms with van der Waals surface area (Å²) < 4.78 is 5.93. The molecular weight excluding hydrogens is 246 g/mol. The number of benzene rings is 1. The van der Waals surface area contributed by atoms with Gasteiger partial charge in [0, 0.05) is 6.04 Å². The summed E-state index contributed by atoms with van der Waals surface area (Å²) in [6, 6.07) is 6.26. The van der Waals surface area contributed by atoms with Crippen LogP contribution >= 0.6 is 11.6 Å². The van der Waals surface area contributed by atoms with E-state index in [-0.39, 0.29) is 6.04 Å². The molecule has 1 atom stereocenters. The first-order chi connectivity index (χ1) is 8.69. The molecular formula is C15H22ClNO. The summed E-state index contributed by atoms with van der Waals surface area (Å²) in [6.45, 7) is 2.10. The molecule has 2 N–H and O–H groups in total. The van der Waals surface area contributed by atoms with E-state index in [1.165, 1.54) is 18.4 Å². The van der Waals surface area contributed by atoms with Crippen LogP contribution in [0.4, 0.5) is 0 Å². The maximum absolute atomic E-state index is 6.27. The normalized spacial score (nSPS) is 17.9. The topological polar surface area (TPSA) is 35.2 Å². The third kappa shape index (κ3) is 3.63. The molecule has 1 aromatic carbocycles. The second kappa shape index (κ2) is 6.44. The maximum Gasteiger partial charge on any atom is 0.138 e. The SMILES string of the molecule is CCC(N)Cc1ccc(OC2CCCC2)c(Cl)c1. The molecule has 1 aliphatic rings. The lowest BCUT2D eigenvalue weighted by molar-refractivity contribution is 0.210. The van der Waals surface area contributed by atoms with Crippen LogP contribution in [-0.4, -0.2) is 12.1 Å². The zero-order valence-electron chi connectivity index (χ0n) is 11.0. The number of hydrogen-bond donors (Lipinski definition) is 1. The Morgan fingerprint density at radius 2 is 2.11 bits per heavy atom. The van der Waals surface area contributed by atoms with Gasteiger partial charge >= 0.3 is 0 Å². The first-order valence-electron chi connectivity index (χ1n) is 6.89. The van der Waals surface area contributed by atoms with E-state index < -0.39 is 0 Å². The van der Waals surface area contributed by atoms with Gasteiger partial charge in [-0.1, -0.05) is 24.6 Å². The summed E-state index contributed by atoms with van der Waals surface area (Å²) in [5, 5.41) is 0.711. The number of rotatable bonds is 5. The van der Waals surface area contributed by atoms with Crippen molar-refractivity contribution < 1.29 is 4.74 Å². The van der Waals surface area contributed by atoms with Crippen LogP contribution in [0.2, 0.25) is 5.02 Å². The van der Waals surface area contributed by atoms with Crippen LogP contribution < -0.4 is 10.5 Å². The van der Waals surface area contributed by atoms with Crippen LogP contribution in [0.3, 0.4) is 0 Å². The van der Waals surface area contributed by atoms with Crippen molar-refractivity contribution >= 4 is 11.6 Å². The van der Waals surface area contributed by atoms with Gasteiger partial charge in [-0.2, -0.15) is 0 Å². The van der Waals surface area contributed by atoms with Gasteiger partial charge in [-0.15, -0.1) is 0 Å². The Hall–Kier alpha value is -0.730. The van der Waals surface area contributed by atoms with E-state index in [9.17, 15) is 0 Å². The molecule has 0 heterocycles. The van der Waals surface area contributed by atoms with E-state index in [4.69, 9.17) is 22.1 Å². The third-order valence-corrected chi connectivity index (χ3v) is 3.91. The second-order valence-electron chi connectivity index (χ2n) is 5.16. The van der Waals surface area contributed by atoms with Gasteiger partial charge in [-0.3, -0.25) is 0 Å². The fourth-order valence-electron chi connectivity index (χ4n) is 2.40. The molecule has 2 nitrogen and oxygen atoms in total. The van der Waals surface area contributed by atoms with E-state index in [2.05, 4.69) is 13.0 Å². The zero-order chi connectivity index (χ0) is 13.0. The molecule has 1 fully saturated rings. The fraction of sp³-hybridized carbons (Fsp3) is 0.600. The van der Waals surface area contributed by atoms with Crippen molar-refractivity contribution in [2.45, 2.75) is 57.6 Å². The Morgan fingerprint density at radius 1 is 1.39 bits per heavy atom. The summed E-state index contributed by atoms with van der Waals surface area (Å²) in [5.41, 5.74) is 7.14. The highest BCUT2D eigenvalue weighted by Gasteiger charge is 2.17. The largest absolute Gasteiger partial charge is 0.489 e. The summed E-state index contributed by atoms with van der Waals surface area (Å²) >= 11 is 6.27. The standard InChI is InChI=1S/C15H22ClNO/c1-2-12(17)9-11-7-8-15(14(16)10-11)18-13-5-3-4-6-13/h7-8,10,12-13H,2-6,9,17H2,1H3. The Labute approximate surface area is 114 Å². The molecule has 0 radical (unpaired) electrons. The Kier molecular flexibility index (Phi) is 4.90. The molecule has 1 aliphatic carbocycles. The predicted molar refractivity (Wildman–Crippen MR) is 76.3 cm³/mol. The Bertz CT molecular complexity index is 388. The second-order valence-corrected chi connectivity index (χ2v) is 5.57. The van der Waals surface area contributed by atoms with E-state index >= 15 is 0 Å². The minimum absolute atomic E-state index is 0.211. The first kappa shape index (κ1) is 13.7. The van der Waals surface area contributed by atoms with Gasteiger partial charge in [0.25, 0.3) is 0 Å². The number of ether oxygens (including phenoxy) is 1. The van der Waals surface area contributed by atoms with Crippen LogP contribution in [0, 0.1) is 0 Å². The third-order valence-electron chi connectivity index (χ3n) is 3.61. The molecule has 0 bridgehead atoms. The fourth-order valence-corrected chi connectivity index (χ4v) is 2.65. The molecule has 1 aromatic rings. The maximum atomic E-state index is 6.27. The Morgan fingerprint density at radius 3 is 2.72 bits per heavy atom. The van der Waals surface area contributed by atoms with Gasteiger partial charge in [-0.05, 0) is 56.2 Å². The van der Waals surface area contributed by atoms with Crippen LogP contribution in [0.5, 0.6) is 5.75 Å². The van der Waals surface area contributed by atoms with Crippen LogP contribution in [0.15, 0.2) is 18.2 Å². The molecule has 0 aromatic heterocycles. The van der Waals surface area contributed by atoms with Gasteiger partial charge in [0.05, 0.1) is 11.1 Å². The molecule has 0 aliphatic heterocycles. The summed E-state index contributed by atoms with van der Waals surface area (Å²) in [7, 11) is 0. The average molecular weight is 268 g/mol. The van der Waals surface area contributed by atoms with Gasteiger partial charge in [0.1, 0.15) is 5.75 Å². The van der Waals surface area contributed by atoms with Crippen molar-refractivity contribution in [3.8, 4) is 5.75 Å². The molecule has 1 saturated carbocycles. The van der Waals surface area contributed by atoms with Crippen molar-refractivity contribution in [1.29, 1.82) is 0 Å². The van der Waals surface area contributed by atoms with Crippen LogP contribution in [0.1, 0.15) is 44.6 Å². The molecule has 1 unspecified atom stereocenters. The zero-order valence-corrected chi connectivity index (χ0v) is 11.7. The number of hydrogen-bond acceptors (Lipinski definition) is 2. The first-order valence-corrected chi connectivity index (χ1v) is 7.27. The van der Waals surface area contributed by atoms with Gasteiger partial charge in [-0.25, -0.2) is 0 Å². The van der Waals surface area contributed by atoms with Gasteiger partial charge in [0.15, 0.2) is 0 Å². The number of nitrogens with two attached hydrogens (primary N) is 1. The van der Waals surface area contributed by atoms with E-state index in [0.717, 1.165) is 31.4 Å². The molecule has 100 valence electrons. The smallest absolute Gasteiger partial charge is 0.138 e. The van der Waals surface area contributed by atoms with E-state index in [1.54, 1.807) is 0 Å². The lowest BCUT2D eigenvalue weighted by Gasteiger charge is -2.15. The number of halogens is 1. The minimum Gasteiger partial charge on any atom is -0.489 e.